The Hall–Kier alpha value is -1.43. The molecule has 0 aromatic heterocycles. The number of rotatable bonds is 5. The second kappa shape index (κ2) is 5.48. The summed E-state index contributed by atoms with van der Waals surface area (Å²) in [7, 11) is 0. The van der Waals surface area contributed by atoms with Crippen molar-refractivity contribution in [1.82, 2.24) is 4.90 Å². The maximum atomic E-state index is 13.8. The van der Waals surface area contributed by atoms with Crippen LogP contribution in [-0.2, 0) is 15.1 Å². The molecular formula is C12H13BrFNO3. The van der Waals surface area contributed by atoms with Crippen molar-refractivity contribution in [3.63, 3.8) is 0 Å². The molecule has 1 amide bonds. The molecule has 0 aliphatic carbocycles. The van der Waals surface area contributed by atoms with Gasteiger partial charge in [-0.2, -0.15) is 0 Å². The Morgan fingerprint density at radius 1 is 1.61 bits per heavy atom. The van der Waals surface area contributed by atoms with Crippen LogP contribution in [0.5, 0.6) is 0 Å². The van der Waals surface area contributed by atoms with Crippen molar-refractivity contribution in [3.8, 4) is 0 Å². The average Bonchev–Trinajstić information content (AvgIpc) is 2.33. The molecule has 0 aliphatic heterocycles. The van der Waals surface area contributed by atoms with Gasteiger partial charge in [-0.05, 0) is 32.0 Å². The number of hydrogen-bond acceptors (Lipinski definition) is 2. The van der Waals surface area contributed by atoms with Crippen LogP contribution in [0.25, 0.3) is 0 Å². The van der Waals surface area contributed by atoms with E-state index in [1.165, 1.54) is 25.1 Å². The molecule has 1 unspecified atom stereocenters. The van der Waals surface area contributed by atoms with E-state index in [-0.39, 0.29) is 12.1 Å². The predicted molar refractivity (Wildman–Crippen MR) is 67.5 cm³/mol. The zero-order valence-corrected chi connectivity index (χ0v) is 11.6. The molecule has 18 heavy (non-hydrogen) atoms. The molecule has 4 nitrogen and oxygen atoms in total. The van der Waals surface area contributed by atoms with Crippen molar-refractivity contribution in [2.24, 2.45) is 0 Å². The molecule has 1 aromatic carbocycles. The largest absolute Gasteiger partial charge is 0.479 e. The highest BCUT2D eigenvalue weighted by molar-refractivity contribution is 9.10. The number of nitrogens with zero attached hydrogens (tertiary/aromatic N) is 1. The van der Waals surface area contributed by atoms with E-state index in [0.717, 1.165) is 4.90 Å². The van der Waals surface area contributed by atoms with Gasteiger partial charge < -0.3 is 10.0 Å². The van der Waals surface area contributed by atoms with E-state index in [2.05, 4.69) is 15.9 Å². The van der Waals surface area contributed by atoms with Crippen LogP contribution in [0.15, 0.2) is 22.7 Å². The lowest BCUT2D eigenvalue weighted by Crippen LogP contribution is -2.49. The smallest absolute Gasteiger partial charge is 0.334 e. The fraction of sp³-hybridized carbons (Fsp3) is 0.333. The van der Waals surface area contributed by atoms with Gasteiger partial charge in [0, 0.05) is 16.6 Å². The minimum absolute atomic E-state index is 0.0571. The highest BCUT2D eigenvalue weighted by atomic mass is 79.9. The summed E-state index contributed by atoms with van der Waals surface area (Å²) in [5.74, 6) is -1.95. The third-order valence-electron chi connectivity index (χ3n) is 2.91. The SMILES string of the molecule is CCN(C=O)C(C)(C(=O)O)c1cc(Br)ccc1F. The van der Waals surface area contributed by atoms with E-state index < -0.39 is 17.3 Å². The van der Waals surface area contributed by atoms with Crippen LogP contribution in [0, 0.1) is 5.82 Å². The van der Waals surface area contributed by atoms with E-state index in [1.54, 1.807) is 6.92 Å². The molecule has 0 aliphatic rings. The van der Waals surface area contributed by atoms with E-state index in [1.807, 2.05) is 0 Å². The molecule has 0 heterocycles. The standard InChI is InChI=1S/C12H13BrFNO3/c1-3-15(7-16)12(2,11(17)18)9-6-8(13)4-5-10(9)14/h4-7H,3H2,1-2H3,(H,17,18). The predicted octanol–water partition coefficient (Wildman–Crippen LogP) is 2.37. The molecule has 1 atom stereocenters. The molecule has 98 valence electrons. The van der Waals surface area contributed by atoms with E-state index in [9.17, 15) is 19.1 Å². The Morgan fingerprint density at radius 2 is 2.22 bits per heavy atom. The summed E-state index contributed by atoms with van der Waals surface area (Å²) >= 11 is 3.16. The van der Waals surface area contributed by atoms with Crippen LogP contribution in [-0.4, -0.2) is 28.9 Å². The fourth-order valence-corrected chi connectivity index (χ4v) is 2.12. The number of carboxylic acids is 1. The Labute approximate surface area is 113 Å². The minimum Gasteiger partial charge on any atom is -0.479 e. The fourth-order valence-electron chi connectivity index (χ4n) is 1.76. The van der Waals surface area contributed by atoms with Crippen molar-refractivity contribution in [2.75, 3.05) is 6.54 Å². The lowest BCUT2D eigenvalue weighted by atomic mass is 9.90. The quantitative estimate of drug-likeness (QED) is 0.848. The summed E-state index contributed by atoms with van der Waals surface area (Å²) in [6.45, 7) is 3.10. The van der Waals surface area contributed by atoms with Gasteiger partial charge in [-0.15, -0.1) is 0 Å². The molecule has 6 heteroatoms. The number of hydrogen-bond donors (Lipinski definition) is 1. The number of benzene rings is 1. The summed E-state index contributed by atoms with van der Waals surface area (Å²) in [4.78, 5) is 23.5. The van der Waals surface area contributed by atoms with Crippen molar-refractivity contribution in [1.29, 1.82) is 0 Å². The van der Waals surface area contributed by atoms with Crippen LogP contribution >= 0.6 is 15.9 Å². The van der Waals surface area contributed by atoms with Gasteiger partial charge in [-0.1, -0.05) is 15.9 Å². The number of carbonyl (C=O) groups excluding carboxylic acids is 1. The van der Waals surface area contributed by atoms with Crippen molar-refractivity contribution in [2.45, 2.75) is 19.4 Å². The average molecular weight is 318 g/mol. The number of carbonyl (C=O) groups is 2. The second-order valence-electron chi connectivity index (χ2n) is 3.89. The highest BCUT2D eigenvalue weighted by Gasteiger charge is 2.42. The highest BCUT2D eigenvalue weighted by Crippen LogP contribution is 2.31. The van der Waals surface area contributed by atoms with Crippen molar-refractivity contribution >= 4 is 28.3 Å². The molecule has 0 radical (unpaired) electrons. The maximum absolute atomic E-state index is 13.8. The minimum atomic E-state index is -1.73. The van der Waals surface area contributed by atoms with Gasteiger partial charge in [0.1, 0.15) is 5.82 Å². The molecule has 1 aromatic rings. The van der Waals surface area contributed by atoms with Gasteiger partial charge in [0.05, 0.1) is 0 Å². The summed E-state index contributed by atoms with van der Waals surface area (Å²) in [6.07, 6.45) is 0.411. The van der Waals surface area contributed by atoms with E-state index >= 15 is 0 Å². The lowest BCUT2D eigenvalue weighted by molar-refractivity contribution is -0.154. The topological polar surface area (TPSA) is 57.6 Å². The van der Waals surface area contributed by atoms with Gasteiger partial charge in [0.2, 0.25) is 6.41 Å². The van der Waals surface area contributed by atoms with Crippen LogP contribution in [0.3, 0.4) is 0 Å². The first-order chi connectivity index (χ1) is 8.37. The molecule has 1 rings (SSSR count). The van der Waals surface area contributed by atoms with Gasteiger partial charge >= 0.3 is 5.97 Å². The molecular weight excluding hydrogens is 305 g/mol. The summed E-state index contributed by atoms with van der Waals surface area (Å²) in [6, 6.07) is 4.01. The third-order valence-corrected chi connectivity index (χ3v) is 3.40. The van der Waals surface area contributed by atoms with E-state index in [0.29, 0.717) is 10.9 Å². The Kier molecular flexibility index (Phi) is 4.45. The second-order valence-corrected chi connectivity index (χ2v) is 4.81. The van der Waals surface area contributed by atoms with Gasteiger partial charge in [0.15, 0.2) is 5.54 Å². The first kappa shape index (κ1) is 14.6. The zero-order valence-electron chi connectivity index (χ0n) is 9.98. The first-order valence-corrected chi connectivity index (χ1v) is 6.08. The summed E-state index contributed by atoms with van der Waals surface area (Å²) < 4.78 is 14.4. The maximum Gasteiger partial charge on any atom is 0.334 e. The molecule has 0 spiro atoms. The van der Waals surface area contributed by atoms with Crippen LogP contribution < -0.4 is 0 Å². The molecule has 0 bridgehead atoms. The van der Waals surface area contributed by atoms with E-state index in [4.69, 9.17) is 0 Å². The normalized spacial score (nSPS) is 13.8. The number of aliphatic carboxylic acids is 1. The van der Waals surface area contributed by atoms with Crippen LogP contribution in [0.4, 0.5) is 4.39 Å². The Morgan fingerprint density at radius 3 is 2.67 bits per heavy atom. The van der Waals surface area contributed by atoms with Crippen LogP contribution in [0.1, 0.15) is 19.4 Å². The van der Waals surface area contributed by atoms with Gasteiger partial charge in [-0.25, -0.2) is 9.18 Å². The summed E-state index contributed by atoms with van der Waals surface area (Å²) in [5.41, 5.74) is -1.79. The Balaban J connectivity index is 3.49. The monoisotopic (exact) mass is 317 g/mol. The number of likely N-dealkylation sites (N-methyl/N-ethyl adjacent to an activating group) is 1. The molecule has 1 N–H and O–H groups in total. The molecule has 0 fully saturated rings. The zero-order chi connectivity index (χ0) is 13.9. The van der Waals surface area contributed by atoms with Crippen LogP contribution in [0.2, 0.25) is 0 Å². The Bertz CT molecular complexity index is 480. The third kappa shape index (κ3) is 2.38. The van der Waals surface area contributed by atoms with Gasteiger partial charge in [0.25, 0.3) is 0 Å². The molecule has 0 saturated heterocycles. The first-order valence-electron chi connectivity index (χ1n) is 5.28. The molecule has 0 saturated carbocycles. The van der Waals surface area contributed by atoms with Crippen molar-refractivity contribution < 1.29 is 19.1 Å². The lowest BCUT2D eigenvalue weighted by Gasteiger charge is -2.35. The van der Waals surface area contributed by atoms with Gasteiger partial charge in [-0.3, -0.25) is 4.79 Å². The number of amides is 1. The number of carboxylic acid groups (broad SMARTS) is 1. The van der Waals surface area contributed by atoms with Crippen molar-refractivity contribution in [3.05, 3.63) is 34.1 Å². The number of halogens is 2. The summed E-state index contributed by atoms with van der Waals surface area (Å²) in [5, 5.41) is 9.35.